The van der Waals surface area contributed by atoms with Crippen LogP contribution in [-0.4, -0.2) is 41.6 Å². The van der Waals surface area contributed by atoms with Crippen LogP contribution in [0.4, 0.5) is 5.69 Å². The second-order valence-corrected chi connectivity index (χ2v) is 8.44. The standard InChI is InChI=1S/C19H31N3/c1-15-12-17(13-16(2)20-15)21-9-6-19(7-10-21)8-11-22(14-19)18(3,4)5/h12-13H,6-11,14H2,1-5H3. The maximum Gasteiger partial charge on any atom is 0.0402 e. The minimum Gasteiger partial charge on any atom is -0.371 e. The third-order valence-corrected chi connectivity index (χ3v) is 5.64. The van der Waals surface area contributed by atoms with Gasteiger partial charge in [-0.3, -0.25) is 9.88 Å². The van der Waals surface area contributed by atoms with Crippen LogP contribution < -0.4 is 4.90 Å². The summed E-state index contributed by atoms with van der Waals surface area (Å²) in [5, 5.41) is 0. The van der Waals surface area contributed by atoms with Crippen LogP contribution in [-0.2, 0) is 0 Å². The molecule has 0 bridgehead atoms. The molecule has 0 saturated carbocycles. The molecule has 0 unspecified atom stereocenters. The first-order chi connectivity index (χ1) is 10.3. The van der Waals surface area contributed by atoms with Gasteiger partial charge < -0.3 is 4.90 Å². The van der Waals surface area contributed by atoms with Crippen LogP contribution in [0.5, 0.6) is 0 Å². The molecule has 0 aromatic carbocycles. The molecule has 2 aliphatic heterocycles. The Morgan fingerprint density at radius 2 is 1.50 bits per heavy atom. The van der Waals surface area contributed by atoms with E-state index >= 15 is 0 Å². The summed E-state index contributed by atoms with van der Waals surface area (Å²) in [6, 6.07) is 4.47. The van der Waals surface area contributed by atoms with Gasteiger partial charge in [-0.05, 0) is 78.0 Å². The summed E-state index contributed by atoms with van der Waals surface area (Å²) in [5.41, 5.74) is 4.52. The molecule has 1 aromatic rings. The van der Waals surface area contributed by atoms with Crippen molar-refractivity contribution in [3.63, 3.8) is 0 Å². The maximum atomic E-state index is 4.50. The summed E-state index contributed by atoms with van der Waals surface area (Å²) in [6.07, 6.45) is 4.05. The number of hydrogen-bond donors (Lipinski definition) is 0. The highest BCUT2D eigenvalue weighted by molar-refractivity contribution is 5.48. The van der Waals surface area contributed by atoms with Gasteiger partial charge in [0.15, 0.2) is 0 Å². The first kappa shape index (κ1) is 15.8. The van der Waals surface area contributed by atoms with Crippen molar-refractivity contribution in [3.05, 3.63) is 23.5 Å². The summed E-state index contributed by atoms with van der Waals surface area (Å²) in [5.74, 6) is 0. The number of aryl methyl sites for hydroxylation is 2. The second-order valence-electron chi connectivity index (χ2n) is 8.44. The zero-order valence-electron chi connectivity index (χ0n) is 14.9. The number of nitrogens with zero attached hydrogens (tertiary/aromatic N) is 3. The summed E-state index contributed by atoms with van der Waals surface area (Å²) in [4.78, 5) is 9.75. The van der Waals surface area contributed by atoms with Crippen LogP contribution in [0.15, 0.2) is 12.1 Å². The molecule has 1 spiro atoms. The normalized spacial score (nSPS) is 22.5. The molecule has 122 valence electrons. The van der Waals surface area contributed by atoms with Crippen LogP contribution in [0, 0.1) is 19.3 Å². The number of piperidine rings is 1. The molecule has 0 radical (unpaired) electrons. The predicted molar refractivity (Wildman–Crippen MR) is 93.5 cm³/mol. The number of anilines is 1. The molecule has 0 aliphatic carbocycles. The summed E-state index contributed by atoms with van der Waals surface area (Å²) >= 11 is 0. The van der Waals surface area contributed by atoms with E-state index in [1.807, 2.05) is 0 Å². The molecule has 2 saturated heterocycles. The number of pyridine rings is 1. The van der Waals surface area contributed by atoms with E-state index in [4.69, 9.17) is 0 Å². The summed E-state index contributed by atoms with van der Waals surface area (Å²) in [7, 11) is 0. The average molecular weight is 301 g/mol. The Hall–Kier alpha value is -1.09. The predicted octanol–water partition coefficient (Wildman–Crippen LogP) is 3.79. The highest BCUT2D eigenvalue weighted by Gasteiger charge is 2.43. The molecular formula is C19H31N3. The number of hydrogen-bond acceptors (Lipinski definition) is 3. The van der Waals surface area contributed by atoms with E-state index in [9.17, 15) is 0 Å². The van der Waals surface area contributed by atoms with Gasteiger partial charge in [-0.25, -0.2) is 0 Å². The quantitative estimate of drug-likeness (QED) is 0.787. The zero-order chi connectivity index (χ0) is 16.0. The van der Waals surface area contributed by atoms with Crippen molar-refractivity contribution in [1.82, 2.24) is 9.88 Å². The topological polar surface area (TPSA) is 19.4 Å². The highest BCUT2D eigenvalue weighted by Crippen LogP contribution is 2.43. The lowest BCUT2D eigenvalue weighted by molar-refractivity contribution is 0.135. The average Bonchev–Trinajstić information content (AvgIpc) is 2.82. The minimum absolute atomic E-state index is 0.319. The van der Waals surface area contributed by atoms with E-state index in [0.717, 1.165) is 11.4 Å². The molecular weight excluding hydrogens is 270 g/mol. The molecule has 1 aromatic heterocycles. The lowest BCUT2D eigenvalue weighted by Gasteiger charge is -2.42. The molecule has 2 aliphatic rings. The minimum atomic E-state index is 0.319. The molecule has 3 nitrogen and oxygen atoms in total. The lowest BCUT2D eigenvalue weighted by Crippen LogP contribution is -2.45. The van der Waals surface area contributed by atoms with E-state index in [1.54, 1.807) is 0 Å². The first-order valence-electron chi connectivity index (χ1n) is 8.73. The van der Waals surface area contributed by atoms with E-state index in [2.05, 4.69) is 61.5 Å². The summed E-state index contributed by atoms with van der Waals surface area (Å²) in [6.45, 7) is 16.2. The monoisotopic (exact) mass is 301 g/mol. The Bertz CT molecular complexity index is 516. The molecule has 0 atom stereocenters. The van der Waals surface area contributed by atoms with Crippen molar-refractivity contribution >= 4 is 5.69 Å². The number of aromatic nitrogens is 1. The van der Waals surface area contributed by atoms with Gasteiger partial charge >= 0.3 is 0 Å². The van der Waals surface area contributed by atoms with Crippen molar-refractivity contribution in [1.29, 1.82) is 0 Å². The molecule has 0 amide bonds. The van der Waals surface area contributed by atoms with Gasteiger partial charge in [0.2, 0.25) is 0 Å². The van der Waals surface area contributed by atoms with Crippen molar-refractivity contribution < 1.29 is 0 Å². The Morgan fingerprint density at radius 1 is 0.955 bits per heavy atom. The molecule has 22 heavy (non-hydrogen) atoms. The van der Waals surface area contributed by atoms with E-state index < -0.39 is 0 Å². The number of rotatable bonds is 1. The van der Waals surface area contributed by atoms with Crippen molar-refractivity contribution in [2.45, 2.75) is 59.4 Å². The maximum absolute atomic E-state index is 4.50. The van der Waals surface area contributed by atoms with Gasteiger partial charge in [-0.1, -0.05) is 0 Å². The molecule has 3 heteroatoms. The molecule has 2 fully saturated rings. The van der Waals surface area contributed by atoms with Gasteiger partial charge in [-0.2, -0.15) is 0 Å². The fourth-order valence-electron chi connectivity index (χ4n) is 4.15. The Morgan fingerprint density at radius 3 is 2.00 bits per heavy atom. The SMILES string of the molecule is Cc1cc(N2CCC3(CC2)CCN(C(C)(C)C)C3)cc(C)n1. The molecule has 3 heterocycles. The van der Waals surface area contributed by atoms with Crippen LogP contribution in [0.25, 0.3) is 0 Å². The van der Waals surface area contributed by atoms with Gasteiger partial charge in [-0.15, -0.1) is 0 Å². The van der Waals surface area contributed by atoms with E-state index in [0.29, 0.717) is 11.0 Å². The smallest absolute Gasteiger partial charge is 0.0402 e. The Labute approximate surface area is 135 Å². The second kappa shape index (κ2) is 5.52. The number of likely N-dealkylation sites (tertiary alicyclic amines) is 1. The van der Waals surface area contributed by atoms with Gasteiger partial charge in [0.05, 0.1) is 0 Å². The van der Waals surface area contributed by atoms with E-state index in [1.165, 1.54) is 51.1 Å². The van der Waals surface area contributed by atoms with Crippen molar-refractivity contribution in [2.75, 3.05) is 31.1 Å². The van der Waals surface area contributed by atoms with Crippen LogP contribution in [0.1, 0.15) is 51.4 Å². The summed E-state index contributed by atoms with van der Waals surface area (Å²) < 4.78 is 0. The fourth-order valence-corrected chi connectivity index (χ4v) is 4.15. The van der Waals surface area contributed by atoms with Crippen LogP contribution in [0.3, 0.4) is 0 Å². The van der Waals surface area contributed by atoms with Gasteiger partial charge in [0.1, 0.15) is 0 Å². The third kappa shape index (κ3) is 3.15. The van der Waals surface area contributed by atoms with Gasteiger partial charge in [0.25, 0.3) is 0 Å². The fraction of sp³-hybridized carbons (Fsp3) is 0.737. The van der Waals surface area contributed by atoms with Gasteiger partial charge in [0, 0.05) is 42.2 Å². The Kier molecular flexibility index (Phi) is 3.96. The third-order valence-electron chi connectivity index (χ3n) is 5.64. The zero-order valence-corrected chi connectivity index (χ0v) is 14.9. The van der Waals surface area contributed by atoms with Crippen molar-refractivity contribution in [3.8, 4) is 0 Å². The first-order valence-corrected chi connectivity index (χ1v) is 8.73. The van der Waals surface area contributed by atoms with Crippen molar-refractivity contribution in [2.24, 2.45) is 5.41 Å². The highest BCUT2D eigenvalue weighted by atomic mass is 15.2. The molecule has 0 N–H and O–H groups in total. The lowest BCUT2D eigenvalue weighted by atomic mass is 9.77. The van der Waals surface area contributed by atoms with E-state index in [-0.39, 0.29) is 0 Å². The van der Waals surface area contributed by atoms with Crippen LogP contribution >= 0.6 is 0 Å². The Balaban J connectivity index is 1.66. The largest absolute Gasteiger partial charge is 0.371 e. The molecule has 3 rings (SSSR count). The van der Waals surface area contributed by atoms with Crippen LogP contribution in [0.2, 0.25) is 0 Å².